The summed E-state index contributed by atoms with van der Waals surface area (Å²) >= 11 is 0. The first kappa shape index (κ1) is 26.3. The molecule has 35 heavy (non-hydrogen) atoms. The molecule has 0 radical (unpaired) electrons. The Labute approximate surface area is 208 Å². The number of ketones is 2. The number of Topliss-reactive ketones (excluding diaryl/α,β-unsaturated/α-hetero) is 2. The number of fused-ring (bicyclic) bond motifs is 4. The topological polar surface area (TPSA) is 112 Å². The Kier molecular flexibility index (Phi) is 6.50. The third kappa shape index (κ3) is 3.87. The predicted octanol–water partition coefficient (Wildman–Crippen LogP) is 4.48. The maximum Gasteiger partial charge on any atom is 0.310 e. The number of hydrogen-bond donors (Lipinski definition) is 3. The van der Waals surface area contributed by atoms with Gasteiger partial charge in [0.25, 0.3) is 0 Å². The van der Waals surface area contributed by atoms with E-state index in [1.54, 1.807) is 13.8 Å². The van der Waals surface area contributed by atoms with E-state index < -0.39 is 34.9 Å². The van der Waals surface area contributed by atoms with Crippen LogP contribution in [0.4, 0.5) is 0 Å². The number of aliphatic hydroxyl groups excluding tert-OH is 1. The summed E-state index contributed by atoms with van der Waals surface area (Å²) in [4.78, 5) is 38.8. The van der Waals surface area contributed by atoms with Gasteiger partial charge in [0.2, 0.25) is 0 Å². The van der Waals surface area contributed by atoms with E-state index in [-0.39, 0.29) is 41.2 Å². The number of rotatable bonds is 6. The van der Waals surface area contributed by atoms with Gasteiger partial charge in [-0.3, -0.25) is 14.4 Å². The molecule has 3 N–H and O–H groups in total. The van der Waals surface area contributed by atoms with Crippen molar-refractivity contribution in [3.63, 3.8) is 0 Å². The fourth-order valence-electron chi connectivity index (χ4n) is 8.46. The molecule has 2 fully saturated rings. The van der Waals surface area contributed by atoms with Crippen LogP contribution in [-0.2, 0) is 14.4 Å². The van der Waals surface area contributed by atoms with Crippen LogP contribution in [0.2, 0.25) is 0 Å². The van der Waals surface area contributed by atoms with Gasteiger partial charge in [0.15, 0.2) is 11.6 Å². The molecule has 0 aliphatic heterocycles. The lowest BCUT2D eigenvalue weighted by atomic mass is 9.47. The van der Waals surface area contributed by atoms with Crippen LogP contribution in [0.25, 0.3) is 0 Å². The van der Waals surface area contributed by atoms with E-state index in [0.717, 1.165) is 24.8 Å². The number of hydrogen-bond acceptors (Lipinski definition) is 5. The normalized spacial score (nSPS) is 42.7. The molecule has 0 amide bonds. The fourth-order valence-corrected chi connectivity index (χ4v) is 8.46. The molecular weight excluding hydrogens is 444 g/mol. The first-order valence-corrected chi connectivity index (χ1v) is 13.3. The molecule has 4 rings (SSSR count). The Morgan fingerprint density at radius 3 is 2.40 bits per heavy atom. The van der Waals surface area contributed by atoms with Gasteiger partial charge in [0, 0.05) is 35.3 Å². The van der Waals surface area contributed by atoms with Crippen molar-refractivity contribution in [3.8, 4) is 0 Å². The quantitative estimate of drug-likeness (QED) is 0.477. The number of carboxylic acid groups (broad SMARTS) is 1. The van der Waals surface area contributed by atoms with E-state index in [4.69, 9.17) is 0 Å². The minimum Gasteiger partial charge on any atom is -0.481 e. The molecule has 0 aromatic heterocycles. The Hall–Kier alpha value is -1.79. The van der Waals surface area contributed by atoms with Gasteiger partial charge in [-0.05, 0) is 75.5 Å². The summed E-state index contributed by atoms with van der Waals surface area (Å²) in [7, 11) is 0. The van der Waals surface area contributed by atoms with Crippen LogP contribution in [-0.4, -0.2) is 44.6 Å². The van der Waals surface area contributed by atoms with Gasteiger partial charge >= 0.3 is 5.97 Å². The SMILES string of the molecule is C=C(CCC(C)C1CCC2C3=C(C(=O)CC21C)C1(C)CCC(O)C(C)(O)C1CC3=O)C(C)C(=O)O. The Balaban J connectivity index is 1.63. The largest absolute Gasteiger partial charge is 0.481 e. The number of aliphatic carboxylic acids is 1. The lowest BCUT2D eigenvalue weighted by Gasteiger charge is -2.57. The molecule has 0 bridgehead atoms. The maximum absolute atomic E-state index is 13.8. The zero-order valence-electron chi connectivity index (χ0n) is 21.9. The standard InChI is InChI=1S/C29H42O6/c1-15(17(3)26(33)34)7-8-16(2)18-9-10-19-24-20(30)13-22-27(4,12-11-23(32)29(22,6)35)25(24)21(31)14-28(18,19)5/h16-19,22-23,32,35H,1,7-14H2,2-6H3,(H,33,34). The molecule has 0 aromatic carbocycles. The predicted molar refractivity (Wildman–Crippen MR) is 132 cm³/mol. The lowest BCUT2D eigenvalue weighted by molar-refractivity contribution is -0.170. The molecule has 2 saturated carbocycles. The summed E-state index contributed by atoms with van der Waals surface area (Å²) in [5, 5.41) is 30.9. The first-order valence-electron chi connectivity index (χ1n) is 13.3. The van der Waals surface area contributed by atoms with Crippen LogP contribution in [0, 0.1) is 40.4 Å². The summed E-state index contributed by atoms with van der Waals surface area (Å²) in [6.45, 7) is 13.6. The van der Waals surface area contributed by atoms with Crippen molar-refractivity contribution in [2.75, 3.05) is 0 Å². The molecule has 6 heteroatoms. The monoisotopic (exact) mass is 486 g/mol. The summed E-state index contributed by atoms with van der Waals surface area (Å²) in [6.07, 6.45) is 3.97. The fraction of sp³-hybridized carbons (Fsp3) is 0.759. The maximum atomic E-state index is 13.8. The smallest absolute Gasteiger partial charge is 0.310 e. The zero-order valence-corrected chi connectivity index (χ0v) is 21.9. The summed E-state index contributed by atoms with van der Waals surface area (Å²) in [5.41, 5.74) is -0.214. The van der Waals surface area contributed by atoms with E-state index >= 15 is 0 Å². The highest BCUT2D eigenvalue weighted by Gasteiger charge is 2.64. The molecule has 0 saturated heterocycles. The number of aliphatic hydroxyl groups is 2. The van der Waals surface area contributed by atoms with E-state index in [2.05, 4.69) is 20.4 Å². The molecule has 6 nitrogen and oxygen atoms in total. The molecule has 4 aliphatic carbocycles. The van der Waals surface area contributed by atoms with Crippen LogP contribution in [0.15, 0.2) is 23.3 Å². The Morgan fingerprint density at radius 2 is 1.77 bits per heavy atom. The molecule has 9 atom stereocenters. The van der Waals surface area contributed by atoms with Gasteiger partial charge in [-0.2, -0.15) is 0 Å². The van der Waals surface area contributed by atoms with Gasteiger partial charge in [0.1, 0.15) is 0 Å². The van der Waals surface area contributed by atoms with Crippen molar-refractivity contribution in [2.45, 2.75) is 97.7 Å². The molecule has 4 aliphatic rings. The summed E-state index contributed by atoms with van der Waals surface area (Å²) in [6, 6.07) is 0. The average molecular weight is 487 g/mol. The second-order valence-electron chi connectivity index (χ2n) is 12.7. The van der Waals surface area contributed by atoms with E-state index in [1.807, 2.05) is 6.92 Å². The molecule has 0 aromatic rings. The number of carbonyl (C=O) groups is 3. The summed E-state index contributed by atoms with van der Waals surface area (Å²) < 4.78 is 0. The highest BCUT2D eigenvalue weighted by molar-refractivity contribution is 6.11. The van der Waals surface area contributed by atoms with Gasteiger partial charge in [0.05, 0.1) is 17.6 Å². The average Bonchev–Trinajstić information content (AvgIpc) is 3.12. The van der Waals surface area contributed by atoms with Crippen LogP contribution < -0.4 is 0 Å². The van der Waals surface area contributed by atoms with Gasteiger partial charge < -0.3 is 15.3 Å². The van der Waals surface area contributed by atoms with E-state index in [0.29, 0.717) is 36.8 Å². The number of carbonyl (C=O) groups excluding carboxylic acids is 2. The molecule has 0 spiro atoms. The van der Waals surface area contributed by atoms with Crippen molar-refractivity contribution in [3.05, 3.63) is 23.3 Å². The van der Waals surface area contributed by atoms with Crippen molar-refractivity contribution < 1.29 is 29.7 Å². The molecule has 194 valence electrons. The van der Waals surface area contributed by atoms with E-state index in [1.165, 1.54) is 0 Å². The number of carboxylic acids is 1. The van der Waals surface area contributed by atoms with Crippen LogP contribution >= 0.6 is 0 Å². The number of allylic oxidation sites excluding steroid dienone is 2. The van der Waals surface area contributed by atoms with Gasteiger partial charge in [-0.15, -0.1) is 0 Å². The molecular formula is C29H42O6. The third-order valence-electron chi connectivity index (χ3n) is 10.8. The van der Waals surface area contributed by atoms with Crippen molar-refractivity contribution in [1.82, 2.24) is 0 Å². The Morgan fingerprint density at radius 1 is 1.11 bits per heavy atom. The van der Waals surface area contributed by atoms with Crippen LogP contribution in [0.5, 0.6) is 0 Å². The van der Waals surface area contributed by atoms with E-state index in [9.17, 15) is 29.7 Å². The highest BCUT2D eigenvalue weighted by atomic mass is 16.4. The zero-order chi connectivity index (χ0) is 26.1. The van der Waals surface area contributed by atoms with Crippen molar-refractivity contribution in [1.29, 1.82) is 0 Å². The van der Waals surface area contributed by atoms with Crippen molar-refractivity contribution in [2.24, 2.45) is 40.4 Å². The van der Waals surface area contributed by atoms with Crippen LogP contribution in [0.3, 0.4) is 0 Å². The summed E-state index contributed by atoms with van der Waals surface area (Å²) in [5.74, 6) is -1.30. The first-order chi connectivity index (χ1) is 16.2. The highest BCUT2D eigenvalue weighted by Crippen LogP contribution is 2.65. The van der Waals surface area contributed by atoms with Crippen LogP contribution in [0.1, 0.15) is 86.0 Å². The minimum atomic E-state index is -1.40. The Bertz CT molecular complexity index is 991. The second-order valence-corrected chi connectivity index (χ2v) is 12.7. The third-order valence-corrected chi connectivity index (χ3v) is 10.8. The van der Waals surface area contributed by atoms with Crippen molar-refractivity contribution >= 4 is 17.5 Å². The lowest BCUT2D eigenvalue weighted by Crippen LogP contribution is -2.61. The van der Waals surface area contributed by atoms with Gasteiger partial charge in [-0.25, -0.2) is 0 Å². The van der Waals surface area contributed by atoms with Gasteiger partial charge in [-0.1, -0.05) is 32.9 Å². The minimum absolute atomic E-state index is 0.0295. The molecule has 0 heterocycles. The second kappa shape index (κ2) is 8.65. The molecule has 9 unspecified atom stereocenters.